The van der Waals surface area contributed by atoms with Crippen molar-refractivity contribution in [3.63, 3.8) is 0 Å². The summed E-state index contributed by atoms with van der Waals surface area (Å²) in [6.07, 6.45) is 1.19. The summed E-state index contributed by atoms with van der Waals surface area (Å²) in [6, 6.07) is 5.15. The molecule has 0 saturated heterocycles. The average molecular weight is 331 g/mol. The molecule has 0 saturated carbocycles. The zero-order chi connectivity index (χ0) is 15.6. The first-order valence-electron chi connectivity index (χ1n) is 6.77. The van der Waals surface area contributed by atoms with Crippen molar-refractivity contribution in [1.82, 2.24) is 9.55 Å². The Bertz CT molecular complexity index is 738. The topological polar surface area (TPSA) is 61.2 Å². The zero-order valence-electron chi connectivity index (χ0n) is 12.3. The Kier molecular flexibility index (Phi) is 4.91. The molecule has 5 nitrogen and oxygen atoms in total. The van der Waals surface area contributed by atoms with E-state index in [0.717, 1.165) is 5.52 Å². The van der Waals surface area contributed by atoms with Crippen LogP contribution in [0.5, 0.6) is 0 Å². The first-order valence-corrected chi connectivity index (χ1v) is 9.10. The fourth-order valence-electron chi connectivity index (χ4n) is 2.28. The van der Waals surface area contributed by atoms with Gasteiger partial charge in [-0.2, -0.15) is 0 Å². The third-order valence-electron chi connectivity index (χ3n) is 3.19. The van der Waals surface area contributed by atoms with Crippen LogP contribution in [0, 0.1) is 0 Å². The molecule has 0 fully saturated rings. The van der Waals surface area contributed by atoms with Gasteiger partial charge in [-0.05, 0) is 26.0 Å². The van der Waals surface area contributed by atoms with Gasteiger partial charge in [-0.1, -0.05) is 6.07 Å². The van der Waals surface area contributed by atoms with Crippen LogP contribution in [0.25, 0.3) is 11.0 Å². The minimum absolute atomic E-state index is 0.230. The van der Waals surface area contributed by atoms with Crippen LogP contribution in [0.2, 0.25) is 0 Å². The summed E-state index contributed by atoms with van der Waals surface area (Å²) in [4.78, 5) is 4.68. The molecule has 1 aromatic carbocycles. The van der Waals surface area contributed by atoms with Gasteiger partial charge in [0.2, 0.25) is 0 Å². The minimum Gasteiger partial charge on any atom is -0.380 e. The zero-order valence-corrected chi connectivity index (χ0v) is 13.9. The molecule has 1 heterocycles. The number of para-hydroxylation sites is 1. The molecule has 7 heteroatoms. The third kappa shape index (κ3) is 3.39. The van der Waals surface area contributed by atoms with Crippen LogP contribution in [0.1, 0.15) is 25.0 Å². The highest BCUT2D eigenvalue weighted by Gasteiger charge is 2.20. The van der Waals surface area contributed by atoms with E-state index >= 15 is 0 Å². The number of aromatic nitrogens is 2. The largest absolute Gasteiger partial charge is 0.380 e. The highest BCUT2D eigenvalue weighted by Crippen LogP contribution is 2.28. The number of fused-ring (bicyclic) bond motifs is 1. The molecule has 2 aromatic rings. The van der Waals surface area contributed by atoms with Crippen LogP contribution in [0.4, 0.5) is 0 Å². The third-order valence-corrected chi connectivity index (χ3v) is 4.51. The summed E-state index contributed by atoms with van der Waals surface area (Å²) in [5, 5.41) is -0.313. The molecule has 0 bridgehead atoms. The molecule has 1 aromatic heterocycles. The lowest BCUT2D eigenvalue weighted by Gasteiger charge is -2.10. The highest BCUT2D eigenvalue weighted by atomic mass is 35.5. The second-order valence-electron chi connectivity index (χ2n) is 4.83. The van der Waals surface area contributed by atoms with Crippen LogP contribution in [0.15, 0.2) is 23.1 Å². The van der Waals surface area contributed by atoms with Crippen molar-refractivity contribution in [1.29, 1.82) is 0 Å². The van der Waals surface area contributed by atoms with Gasteiger partial charge in [0.05, 0.1) is 22.4 Å². The van der Waals surface area contributed by atoms with E-state index in [1.54, 1.807) is 12.1 Å². The predicted octanol–water partition coefficient (Wildman–Crippen LogP) is 2.78. The Morgan fingerprint density at radius 1 is 1.43 bits per heavy atom. The van der Waals surface area contributed by atoms with Gasteiger partial charge in [-0.3, -0.25) is 0 Å². The van der Waals surface area contributed by atoms with Gasteiger partial charge >= 0.3 is 0 Å². The Balaban J connectivity index is 2.63. The summed E-state index contributed by atoms with van der Waals surface area (Å²) < 4.78 is 31.1. The van der Waals surface area contributed by atoms with Gasteiger partial charge in [-0.25, -0.2) is 13.4 Å². The van der Waals surface area contributed by atoms with E-state index in [-0.39, 0.29) is 10.3 Å². The number of hydrogen-bond donors (Lipinski definition) is 0. The molecule has 1 atom stereocenters. The second-order valence-corrected chi connectivity index (χ2v) is 7.47. The molecule has 0 N–H and O–H groups in total. The predicted molar refractivity (Wildman–Crippen MR) is 83.6 cm³/mol. The lowest BCUT2D eigenvalue weighted by Crippen LogP contribution is -2.09. The quantitative estimate of drug-likeness (QED) is 0.603. The van der Waals surface area contributed by atoms with Gasteiger partial charge in [0.25, 0.3) is 0 Å². The van der Waals surface area contributed by atoms with E-state index in [2.05, 4.69) is 4.98 Å². The second kappa shape index (κ2) is 6.34. The van der Waals surface area contributed by atoms with Gasteiger partial charge in [0, 0.05) is 19.4 Å². The van der Waals surface area contributed by atoms with E-state index in [0.29, 0.717) is 31.1 Å². The molecule has 0 spiro atoms. The van der Waals surface area contributed by atoms with Crippen LogP contribution in [-0.4, -0.2) is 37.4 Å². The number of nitrogens with zero attached hydrogens (tertiary/aromatic N) is 2. The fourth-order valence-corrected chi connectivity index (χ4v) is 3.27. The standard InChI is InChI=1S/C14H19ClN2O3S/c1-4-20-9-8-17-11-6-5-7-12(21(3,18)19)13(11)16-14(17)10(2)15/h5-7,10H,4,8-9H2,1-3H3. The van der Waals surface area contributed by atoms with Crippen molar-refractivity contribution in [2.75, 3.05) is 19.5 Å². The van der Waals surface area contributed by atoms with E-state index in [1.165, 1.54) is 6.26 Å². The molecule has 0 radical (unpaired) electrons. The van der Waals surface area contributed by atoms with E-state index in [4.69, 9.17) is 16.3 Å². The average Bonchev–Trinajstić information content (AvgIpc) is 2.77. The summed E-state index contributed by atoms with van der Waals surface area (Å²) >= 11 is 6.19. The number of imidazole rings is 1. The molecule has 0 amide bonds. The molecule has 21 heavy (non-hydrogen) atoms. The lowest BCUT2D eigenvalue weighted by atomic mass is 10.3. The number of sulfone groups is 1. The van der Waals surface area contributed by atoms with Crippen LogP contribution in [0.3, 0.4) is 0 Å². The Morgan fingerprint density at radius 2 is 2.14 bits per heavy atom. The first-order chi connectivity index (χ1) is 9.86. The Labute approximate surface area is 129 Å². The van der Waals surface area contributed by atoms with Gasteiger partial charge in [0.1, 0.15) is 11.3 Å². The minimum atomic E-state index is -3.33. The summed E-state index contributed by atoms with van der Waals surface area (Å²) in [7, 11) is -3.33. The number of ether oxygens (including phenoxy) is 1. The Morgan fingerprint density at radius 3 is 2.71 bits per heavy atom. The van der Waals surface area contributed by atoms with Crippen LogP contribution < -0.4 is 0 Å². The lowest BCUT2D eigenvalue weighted by molar-refractivity contribution is 0.139. The normalized spacial score (nSPS) is 13.7. The van der Waals surface area contributed by atoms with Crippen molar-refractivity contribution < 1.29 is 13.2 Å². The molecule has 0 aliphatic rings. The number of alkyl halides is 1. The number of halogens is 1. The Hall–Kier alpha value is -1.11. The maximum atomic E-state index is 11.9. The number of hydrogen-bond acceptors (Lipinski definition) is 4. The highest BCUT2D eigenvalue weighted by molar-refractivity contribution is 7.91. The van der Waals surface area contributed by atoms with E-state index in [9.17, 15) is 8.42 Å². The van der Waals surface area contributed by atoms with Gasteiger partial charge < -0.3 is 9.30 Å². The molecule has 0 aliphatic carbocycles. The molecular weight excluding hydrogens is 312 g/mol. The van der Waals surface area contributed by atoms with Crippen molar-refractivity contribution in [3.05, 3.63) is 24.0 Å². The van der Waals surface area contributed by atoms with Crippen molar-refractivity contribution in [3.8, 4) is 0 Å². The first kappa shape index (κ1) is 16.3. The van der Waals surface area contributed by atoms with Crippen molar-refractivity contribution in [2.24, 2.45) is 0 Å². The van der Waals surface area contributed by atoms with Crippen molar-refractivity contribution >= 4 is 32.5 Å². The monoisotopic (exact) mass is 330 g/mol. The van der Waals surface area contributed by atoms with E-state index < -0.39 is 9.84 Å². The number of benzene rings is 1. The smallest absolute Gasteiger partial charge is 0.177 e. The summed E-state index contributed by atoms with van der Waals surface area (Å²) in [6.45, 7) is 5.50. The summed E-state index contributed by atoms with van der Waals surface area (Å²) in [5.41, 5.74) is 1.24. The fraction of sp³-hybridized carbons (Fsp3) is 0.500. The van der Waals surface area contributed by atoms with Crippen LogP contribution in [-0.2, 0) is 21.1 Å². The van der Waals surface area contributed by atoms with Crippen molar-refractivity contribution in [2.45, 2.75) is 30.7 Å². The van der Waals surface area contributed by atoms with E-state index in [1.807, 2.05) is 24.5 Å². The SMILES string of the molecule is CCOCCn1c(C(C)Cl)nc2c(S(C)(=O)=O)cccc21. The van der Waals surface area contributed by atoms with Crippen LogP contribution >= 0.6 is 11.6 Å². The van der Waals surface area contributed by atoms with Gasteiger partial charge in [-0.15, -0.1) is 11.6 Å². The maximum Gasteiger partial charge on any atom is 0.177 e. The molecule has 0 aliphatic heterocycles. The summed E-state index contributed by atoms with van der Waals surface area (Å²) in [5.74, 6) is 0.655. The number of rotatable bonds is 6. The molecule has 2 rings (SSSR count). The molecule has 116 valence electrons. The van der Waals surface area contributed by atoms with Gasteiger partial charge in [0.15, 0.2) is 9.84 Å². The molecule has 1 unspecified atom stereocenters. The molecular formula is C14H19ClN2O3S. The maximum absolute atomic E-state index is 11.9.